The third-order valence-corrected chi connectivity index (χ3v) is 14.7. The quantitative estimate of drug-likeness (QED) is 0.0422. The first-order valence-corrected chi connectivity index (χ1v) is 30.6. The fraction of sp³-hybridized carbons (Fsp3) is 0.937. The minimum absolute atomic E-state index is 1.29. The van der Waals surface area contributed by atoms with E-state index in [4.69, 9.17) is 0 Å². The first-order chi connectivity index (χ1) is 31.4. The Bertz CT molecular complexity index is 739. The molecule has 0 heterocycles. The Morgan fingerprint density at radius 1 is 0.127 bits per heavy atom. The maximum atomic E-state index is 2.31. The van der Waals surface area contributed by atoms with Crippen LogP contribution in [0.25, 0.3) is 0 Å². The smallest absolute Gasteiger partial charge is 0.0351 e. The van der Waals surface area contributed by atoms with E-state index in [-0.39, 0.29) is 0 Å². The molecule has 0 aliphatic carbocycles. The van der Waals surface area contributed by atoms with Crippen LogP contribution in [0, 0.1) is 0 Å². The van der Waals surface area contributed by atoms with Crippen molar-refractivity contribution in [3.05, 3.63) is 24.3 Å². The van der Waals surface area contributed by atoms with Gasteiger partial charge in [0.1, 0.15) is 0 Å². The highest BCUT2D eigenvalue weighted by atomic mass is 14.1. The van der Waals surface area contributed by atoms with Gasteiger partial charge >= 0.3 is 0 Å². The summed E-state index contributed by atoms with van der Waals surface area (Å²) in [6, 6.07) is 0. The summed E-state index contributed by atoms with van der Waals surface area (Å²) in [4.78, 5) is 0. The van der Waals surface area contributed by atoms with Crippen LogP contribution in [0.1, 0.15) is 380 Å². The van der Waals surface area contributed by atoms with Crippen molar-refractivity contribution in [2.24, 2.45) is 0 Å². The molecule has 0 aromatic heterocycles. The molecule has 0 saturated heterocycles. The third kappa shape index (κ3) is 61.5. The number of allylic oxidation sites excluding steroid dienone is 4. The molecule has 63 heavy (non-hydrogen) atoms. The minimum atomic E-state index is 1.29. The average Bonchev–Trinajstić information content (AvgIpc) is 3.29. The zero-order valence-corrected chi connectivity index (χ0v) is 44.6. The van der Waals surface area contributed by atoms with Gasteiger partial charge in [-0.15, -0.1) is 0 Å². The van der Waals surface area contributed by atoms with E-state index in [2.05, 4.69) is 38.2 Å². The van der Waals surface area contributed by atoms with Crippen LogP contribution in [-0.4, -0.2) is 0 Å². The van der Waals surface area contributed by atoms with Crippen molar-refractivity contribution in [1.29, 1.82) is 0 Å². The molecule has 0 fully saturated rings. The molecule has 0 bridgehead atoms. The zero-order valence-electron chi connectivity index (χ0n) is 44.6. The molecule has 0 N–H and O–H groups in total. The molecule has 0 unspecified atom stereocenters. The van der Waals surface area contributed by atoms with Gasteiger partial charge in [0.25, 0.3) is 0 Å². The van der Waals surface area contributed by atoms with E-state index >= 15 is 0 Å². The summed E-state index contributed by atoms with van der Waals surface area (Å²) in [6.07, 6.45) is 93.2. The summed E-state index contributed by atoms with van der Waals surface area (Å²) in [7, 11) is 0. The molecule has 0 atom stereocenters. The molecular formula is C63H124. The van der Waals surface area contributed by atoms with E-state index in [0.717, 1.165) is 0 Å². The molecule has 0 saturated carbocycles. The predicted octanol–water partition coefficient (Wildman–Crippen LogP) is 24.4. The van der Waals surface area contributed by atoms with Gasteiger partial charge in [-0.1, -0.05) is 365 Å². The first-order valence-electron chi connectivity index (χ1n) is 30.6. The van der Waals surface area contributed by atoms with Gasteiger partial charge in [-0.3, -0.25) is 0 Å². The Hall–Kier alpha value is -0.520. The molecule has 0 aliphatic rings. The van der Waals surface area contributed by atoms with Crippen molar-refractivity contribution in [3.8, 4) is 0 Å². The molecular weight excluding hydrogens is 757 g/mol. The van der Waals surface area contributed by atoms with Gasteiger partial charge in [-0.2, -0.15) is 0 Å². The molecule has 0 aromatic carbocycles. The zero-order chi connectivity index (χ0) is 45.1. The maximum Gasteiger partial charge on any atom is -0.0351 e. The van der Waals surface area contributed by atoms with Crippen LogP contribution in [-0.2, 0) is 0 Å². The number of hydrogen-bond acceptors (Lipinski definition) is 0. The highest BCUT2D eigenvalue weighted by Gasteiger charge is 2.00. The van der Waals surface area contributed by atoms with Gasteiger partial charge < -0.3 is 0 Å². The topological polar surface area (TPSA) is 0 Å². The highest BCUT2D eigenvalue weighted by Crippen LogP contribution is 2.19. The second-order valence-corrected chi connectivity index (χ2v) is 21.2. The van der Waals surface area contributed by atoms with Crippen molar-refractivity contribution in [3.63, 3.8) is 0 Å². The second-order valence-electron chi connectivity index (χ2n) is 21.2. The Balaban J connectivity index is 3.07. The normalized spacial score (nSPS) is 12.0. The Morgan fingerprint density at radius 2 is 0.206 bits per heavy atom. The van der Waals surface area contributed by atoms with Gasteiger partial charge in [-0.05, 0) is 39.5 Å². The number of unbranched alkanes of at least 4 members (excludes halogenated alkanes) is 56. The monoisotopic (exact) mass is 881 g/mol. The van der Waals surface area contributed by atoms with Gasteiger partial charge in [-0.25, -0.2) is 0 Å². The van der Waals surface area contributed by atoms with Crippen molar-refractivity contribution in [2.75, 3.05) is 0 Å². The summed E-state index contributed by atoms with van der Waals surface area (Å²) < 4.78 is 0. The van der Waals surface area contributed by atoms with Gasteiger partial charge in [0, 0.05) is 0 Å². The van der Waals surface area contributed by atoms with E-state index < -0.39 is 0 Å². The molecule has 0 aromatic rings. The van der Waals surface area contributed by atoms with Crippen LogP contribution in [0.4, 0.5) is 0 Å². The van der Waals surface area contributed by atoms with E-state index in [1.165, 1.54) is 366 Å². The Morgan fingerprint density at radius 3 is 0.286 bits per heavy atom. The molecule has 0 spiro atoms. The van der Waals surface area contributed by atoms with Gasteiger partial charge in [0.2, 0.25) is 0 Å². The number of rotatable bonds is 58. The fourth-order valence-electron chi connectivity index (χ4n) is 10.2. The molecule has 0 amide bonds. The summed E-state index contributed by atoms with van der Waals surface area (Å²) in [5.74, 6) is 0. The Kier molecular flexibility index (Phi) is 61.0. The van der Waals surface area contributed by atoms with Gasteiger partial charge in [0.05, 0.1) is 0 Å². The lowest BCUT2D eigenvalue weighted by molar-refractivity contribution is 0.507. The molecule has 0 rings (SSSR count). The fourth-order valence-corrected chi connectivity index (χ4v) is 10.2. The van der Waals surface area contributed by atoms with Crippen LogP contribution >= 0.6 is 0 Å². The van der Waals surface area contributed by atoms with Crippen molar-refractivity contribution >= 4 is 0 Å². The van der Waals surface area contributed by atoms with Crippen molar-refractivity contribution < 1.29 is 0 Å². The first kappa shape index (κ1) is 62.5. The van der Waals surface area contributed by atoms with E-state index in [1.807, 2.05) is 0 Å². The van der Waals surface area contributed by atoms with E-state index in [1.54, 1.807) is 0 Å². The lowest BCUT2D eigenvalue weighted by Gasteiger charge is -2.05. The maximum absolute atomic E-state index is 2.31. The number of hydrogen-bond donors (Lipinski definition) is 0. The van der Waals surface area contributed by atoms with Crippen molar-refractivity contribution in [1.82, 2.24) is 0 Å². The van der Waals surface area contributed by atoms with Crippen LogP contribution in [0.5, 0.6) is 0 Å². The lowest BCUT2D eigenvalue weighted by Crippen LogP contribution is -1.85. The molecule has 376 valence electrons. The summed E-state index contributed by atoms with van der Waals surface area (Å²) in [5.41, 5.74) is 0. The average molecular weight is 882 g/mol. The standard InChI is InChI=1S/C63H124/c1-3-5-7-9-11-13-15-17-19-21-23-25-27-29-31-33-35-37-39-41-43-45-47-49-51-53-55-57-59-61-63-62-60-58-56-54-52-50-48-46-44-42-40-38-36-34-32-30-28-26-24-22-20-18-16-14-12-10-8-6-4-2/h3-6H,7-63H2,1-2H3. The van der Waals surface area contributed by atoms with Crippen LogP contribution < -0.4 is 0 Å². The summed E-state index contributed by atoms with van der Waals surface area (Å²) in [5, 5.41) is 0. The molecule has 0 aliphatic heterocycles. The summed E-state index contributed by atoms with van der Waals surface area (Å²) in [6.45, 7) is 4.27. The van der Waals surface area contributed by atoms with Crippen LogP contribution in [0.3, 0.4) is 0 Å². The largest absolute Gasteiger partial charge is 0.0917 e. The highest BCUT2D eigenvalue weighted by molar-refractivity contribution is 4.76. The SMILES string of the molecule is CC=CCCCCCCCCCCCCCCCCCCCCCCCCCCCCCCCCCCCCCCCCCCCCCCCCCCCCCCCCCC=CC. The molecule has 0 radical (unpaired) electrons. The van der Waals surface area contributed by atoms with Gasteiger partial charge in [0.15, 0.2) is 0 Å². The lowest BCUT2D eigenvalue weighted by atomic mass is 10.0. The third-order valence-electron chi connectivity index (χ3n) is 14.7. The van der Waals surface area contributed by atoms with E-state index in [9.17, 15) is 0 Å². The predicted molar refractivity (Wildman–Crippen MR) is 293 cm³/mol. The van der Waals surface area contributed by atoms with Crippen molar-refractivity contribution in [2.45, 2.75) is 380 Å². The second kappa shape index (κ2) is 61.5. The minimum Gasteiger partial charge on any atom is -0.0917 e. The Labute approximate surface area is 402 Å². The van der Waals surface area contributed by atoms with Crippen LogP contribution in [0.2, 0.25) is 0 Å². The summed E-state index contributed by atoms with van der Waals surface area (Å²) >= 11 is 0. The molecule has 0 nitrogen and oxygen atoms in total. The van der Waals surface area contributed by atoms with E-state index in [0.29, 0.717) is 0 Å². The van der Waals surface area contributed by atoms with Crippen LogP contribution in [0.15, 0.2) is 24.3 Å². The molecule has 0 heteroatoms.